The largest absolute Gasteiger partial charge is 0.349 e. The Labute approximate surface area is 106 Å². The van der Waals surface area contributed by atoms with E-state index in [2.05, 4.69) is 19.2 Å². The number of hydrogen-bond acceptors (Lipinski definition) is 2. The summed E-state index contributed by atoms with van der Waals surface area (Å²) in [5.74, 6) is 0.461. The highest BCUT2D eigenvalue weighted by Gasteiger charge is 2.29. The lowest BCUT2D eigenvalue weighted by Gasteiger charge is -2.33. The van der Waals surface area contributed by atoms with Crippen LogP contribution in [0.25, 0.3) is 0 Å². The van der Waals surface area contributed by atoms with Crippen molar-refractivity contribution in [2.45, 2.75) is 70.8 Å². The van der Waals surface area contributed by atoms with Crippen molar-refractivity contribution in [1.29, 1.82) is 0 Å². The standard InChI is InChI=1S/C14H28N2O/c1-3-14(4-2,11-15)16-13(17)12-9-7-5-6-8-10-12/h12H,3-11,15H2,1-2H3,(H,16,17). The summed E-state index contributed by atoms with van der Waals surface area (Å²) in [6, 6.07) is 0. The fraction of sp³-hybridized carbons (Fsp3) is 0.929. The average molecular weight is 240 g/mol. The first-order valence-electron chi connectivity index (χ1n) is 7.19. The molecule has 1 amide bonds. The van der Waals surface area contributed by atoms with Crippen molar-refractivity contribution in [2.75, 3.05) is 6.54 Å². The van der Waals surface area contributed by atoms with Crippen molar-refractivity contribution in [3.8, 4) is 0 Å². The van der Waals surface area contributed by atoms with Gasteiger partial charge < -0.3 is 11.1 Å². The Bertz CT molecular complexity index is 220. The average Bonchev–Trinajstić information content (AvgIpc) is 2.65. The normalized spacial score (nSPS) is 18.8. The number of nitrogens with one attached hydrogen (secondary N) is 1. The molecule has 0 aromatic heterocycles. The van der Waals surface area contributed by atoms with Crippen molar-refractivity contribution in [3.63, 3.8) is 0 Å². The van der Waals surface area contributed by atoms with Gasteiger partial charge in [0.15, 0.2) is 0 Å². The highest BCUT2D eigenvalue weighted by Crippen LogP contribution is 2.24. The van der Waals surface area contributed by atoms with Crippen molar-refractivity contribution >= 4 is 5.91 Å². The summed E-state index contributed by atoms with van der Waals surface area (Å²) >= 11 is 0. The van der Waals surface area contributed by atoms with E-state index in [0.717, 1.165) is 25.7 Å². The van der Waals surface area contributed by atoms with Gasteiger partial charge in [-0.1, -0.05) is 39.5 Å². The van der Waals surface area contributed by atoms with E-state index in [1.165, 1.54) is 25.7 Å². The molecule has 0 unspecified atom stereocenters. The van der Waals surface area contributed by atoms with Crippen molar-refractivity contribution in [3.05, 3.63) is 0 Å². The van der Waals surface area contributed by atoms with Gasteiger partial charge in [-0.3, -0.25) is 4.79 Å². The third-order valence-corrected chi connectivity index (χ3v) is 4.36. The van der Waals surface area contributed by atoms with Gasteiger partial charge in [-0.2, -0.15) is 0 Å². The molecule has 1 aliphatic carbocycles. The minimum Gasteiger partial charge on any atom is -0.349 e. The second-order valence-corrected chi connectivity index (χ2v) is 5.37. The van der Waals surface area contributed by atoms with E-state index in [1.54, 1.807) is 0 Å². The van der Waals surface area contributed by atoms with E-state index in [4.69, 9.17) is 5.73 Å². The van der Waals surface area contributed by atoms with Crippen LogP contribution in [0.15, 0.2) is 0 Å². The van der Waals surface area contributed by atoms with Crippen LogP contribution in [0.1, 0.15) is 65.2 Å². The van der Waals surface area contributed by atoms with Crippen LogP contribution in [0.4, 0.5) is 0 Å². The molecular formula is C14H28N2O. The molecular weight excluding hydrogens is 212 g/mol. The predicted molar refractivity (Wildman–Crippen MR) is 71.7 cm³/mol. The summed E-state index contributed by atoms with van der Waals surface area (Å²) < 4.78 is 0. The first-order chi connectivity index (χ1) is 8.17. The van der Waals surface area contributed by atoms with E-state index < -0.39 is 0 Å². The van der Waals surface area contributed by atoms with Crippen LogP contribution in [-0.2, 0) is 4.79 Å². The second-order valence-electron chi connectivity index (χ2n) is 5.37. The number of rotatable bonds is 5. The molecule has 0 aromatic rings. The molecule has 0 spiro atoms. The van der Waals surface area contributed by atoms with Crippen LogP contribution in [0.3, 0.4) is 0 Å². The zero-order valence-corrected chi connectivity index (χ0v) is 11.4. The van der Waals surface area contributed by atoms with Gasteiger partial charge in [0.25, 0.3) is 0 Å². The van der Waals surface area contributed by atoms with Gasteiger partial charge in [-0.05, 0) is 25.7 Å². The first kappa shape index (κ1) is 14.5. The second kappa shape index (κ2) is 7.00. The van der Waals surface area contributed by atoms with Gasteiger partial charge in [0.05, 0.1) is 5.54 Å². The number of carbonyl (C=O) groups excluding carboxylic acids is 1. The quantitative estimate of drug-likeness (QED) is 0.726. The molecule has 0 aliphatic heterocycles. The van der Waals surface area contributed by atoms with E-state index in [9.17, 15) is 4.79 Å². The molecule has 1 rings (SSSR count). The maximum Gasteiger partial charge on any atom is 0.223 e. The number of amides is 1. The van der Waals surface area contributed by atoms with E-state index in [0.29, 0.717) is 6.54 Å². The lowest BCUT2D eigenvalue weighted by atomic mass is 9.90. The van der Waals surface area contributed by atoms with Gasteiger partial charge in [0, 0.05) is 12.5 Å². The minimum absolute atomic E-state index is 0.177. The highest BCUT2D eigenvalue weighted by molar-refractivity contribution is 5.79. The van der Waals surface area contributed by atoms with Crippen LogP contribution in [0, 0.1) is 5.92 Å². The monoisotopic (exact) mass is 240 g/mol. The number of nitrogens with two attached hydrogens (primary N) is 1. The van der Waals surface area contributed by atoms with Gasteiger partial charge in [-0.25, -0.2) is 0 Å². The van der Waals surface area contributed by atoms with Crippen LogP contribution in [-0.4, -0.2) is 18.0 Å². The molecule has 1 fully saturated rings. The molecule has 1 saturated carbocycles. The minimum atomic E-state index is -0.177. The molecule has 3 N–H and O–H groups in total. The fourth-order valence-electron chi connectivity index (χ4n) is 2.67. The third-order valence-electron chi connectivity index (χ3n) is 4.36. The van der Waals surface area contributed by atoms with Crippen LogP contribution in [0.2, 0.25) is 0 Å². The molecule has 3 heteroatoms. The van der Waals surface area contributed by atoms with E-state index in [-0.39, 0.29) is 17.4 Å². The molecule has 17 heavy (non-hydrogen) atoms. The van der Waals surface area contributed by atoms with Crippen molar-refractivity contribution in [2.24, 2.45) is 11.7 Å². The zero-order valence-electron chi connectivity index (χ0n) is 11.4. The van der Waals surface area contributed by atoms with Crippen molar-refractivity contribution < 1.29 is 4.79 Å². The molecule has 0 atom stereocenters. The summed E-state index contributed by atoms with van der Waals surface area (Å²) in [4.78, 5) is 12.3. The molecule has 1 aliphatic rings. The van der Waals surface area contributed by atoms with Gasteiger partial charge in [0.1, 0.15) is 0 Å². The molecule has 0 radical (unpaired) electrons. The Morgan fingerprint density at radius 1 is 1.18 bits per heavy atom. The lowest BCUT2D eigenvalue weighted by molar-refractivity contribution is -0.127. The van der Waals surface area contributed by atoms with Gasteiger partial charge in [0.2, 0.25) is 5.91 Å². The van der Waals surface area contributed by atoms with Gasteiger partial charge >= 0.3 is 0 Å². The summed E-state index contributed by atoms with van der Waals surface area (Å²) in [7, 11) is 0. The number of carbonyl (C=O) groups is 1. The summed E-state index contributed by atoms with van der Waals surface area (Å²) in [5, 5.41) is 3.21. The smallest absolute Gasteiger partial charge is 0.223 e. The van der Waals surface area contributed by atoms with Crippen molar-refractivity contribution in [1.82, 2.24) is 5.32 Å². The van der Waals surface area contributed by atoms with E-state index >= 15 is 0 Å². The SMILES string of the molecule is CCC(CC)(CN)NC(=O)C1CCCCCC1. The Kier molecular flexibility index (Phi) is 5.96. The summed E-state index contributed by atoms with van der Waals surface area (Å²) in [5.41, 5.74) is 5.65. The Morgan fingerprint density at radius 2 is 1.71 bits per heavy atom. The summed E-state index contributed by atoms with van der Waals surface area (Å²) in [6.07, 6.45) is 8.91. The maximum absolute atomic E-state index is 12.3. The molecule has 100 valence electrons. The summed E-state index contributed by atoms with van der Waals surface area (Å²) in [6.45, 7) is 4.74. The van der Waals surface area contributed by atoms with Crippen LogP contribution in [0.5, 0.6) is 0 Å². The molecule has 0 saturated heterocycles. The molecule has 3 nitrogen and oxygen atoms in total. The Balaban J connectivity index is 2.56. The van der Waals surface area contributed by atoms with E-state index in [1.807, 2.05) is 0 Å². The topological polar surface area (TPSA) is 55.1 Å². The Hall–Kier alpha value is -0.570. The van der Waals surface area contributed by atoms with Gasteiger partial charge in [-0.15, -0.1) is 0 Å². The fourth-order valence-corrected chi connectivity index (χ4v) is 2.67. The van der Waals surface area contributed by atoms with Crippen LogP contribution >= 0.6 is 0 Å². The Morgan fingerprint density at radius 3 is 2.12 bits per heavy atom. The number of hydrogen-bond donors (Lipinski definition) is 2. The molecule has 0 heterocycles. The third kappa shape index (κ3) is 3.98. The molecule has 0 aromatic carbocycles. The predicted octanol–water partition coefficient (Wildman–Crippen LogP) is 2.59. The zero-order chi connectivity index (χ0) is 12.7. The highest BCUT2D eigenvalue weighted by atomic mass is 16.2. The maximum atomic E-state index is 12.3. The first-order valence-corrected chi connectivity index (χ1v) is 7.19. The molecule has 0 bridgehead atoms. The lowest BCUT2D eigenvalue weighted by Crippen LogP contribution is -2.54. The van der Waals surface area contributed by atoms with Crippen LogP contribution < -0.4 is 11.1 Å².